The molecule has 5 rings (SSSR count). The lowest BCUT2D eigenvalue weighted by Gasteiger charge is -2.59. The SMILES string of the molecule is Cc1oc(-c2ccc(Cl)cc2)nc1CN1CC2(CC(C(=O)N3CCN[C@H](C)C3)C2)C1. The molecule has 1 saturated carbocycles. The van der Waals surface area contributed by atoms with Crippen LogP contribution in [0.25, 0.3) is 11.5 Å². The third kappa shape index (κ3) is 3.77. The van der Waals surface area contributed by atoms with E-state index in [1.165, 1.54) is 0 Å². The van der Waals surface area contributed by atoms with Crippen molar-refractivity contribution in [3.05, 3.63) is 40.7 Å². The highest BCUT2D eigenvalue weighted by molar-refractivity contribution is 6.30. The van der Waals surface area contributed by atoms with Crippen LogP contribution < -0.4 is 5.32 Å². The highest BCUT2D eigenvalue weighted by Gasteiger charge is 2.54. The number of hydrogen-bond acceptors (Lipinski definition) is 5. The molecule has 30 heavy (non-hydrogen) atoms. The molecule has 7 heteroatoms. The monoisotopic (exact) mass is 428 g/mol. The van der Waals surface area contributed by atoms with E-state index in [9.17, 15) is 4.79 Å². The maximum Gasteiger partial charge on any atom is 0.226 e. The number of piperazine rings is 1. The molecule has 1 N–H and O–H groups in total. The number of carbonyl (C=O) groups excluding carboxylic acids is 1. The zero-order chi connectivity index (χ0) is 20.9. The summed E-state index contributed by atoms with van der Waals surface area (Å²) < 4.78 is 5.89. The minimum atomic E-state index is 0.225. The molecule has 3 aliphatic rings. The van der Waals surface area contributed by atoms with Gasteiger partial charge in [0.1, 0.15) is 5.76 Å². The predicted molar refractivity (Wildman–Crippen MR) is 116 cm³/mol. The first kappa shape index (κ1) is 20.0. The molecule has 0 radical (unpaired) electrons. The molecule has 3 fully saturated rings. The summed E-state index contributed by atoms with van der Waals surface area (Å²) in [5.41, 5.74) is 2.28. The number of oxazole rings is 1. The Morgan fingerprint density at radius 1 is 1.30 bits per heavy atom. The number of rotatable bonds is 4. The van der Waals surface area contributed by atoms with Crippen molar-refractivity contribution in [3.8, 4) is 11.5 Å². The number of amides is 1. The summed E-state index contributed by atoms with van der Waals surface area (Å²) in [6, 6.07) is 7.97. The molecule has 1 spiro atoms. The van der Waals surface area contributed by atoms with E-state index in [1.807, 2.05) is 31.2 Å². The minimum absolute atomic E-state index is 0.225. The maximum absolute atomic E-state index is 12.8. The van der Waals surface area contributed by atoms with Gasteiger partial charge in [-0.15, -0.1) is 0 Å². The van der Waals surface area contributed by atoms with Gasteiger partial charge in [-0.3, -0.25) is 9.69 Å². The summed E-state index contributed by atoms with van der Waals surface area (Å²) in [5.74, 6) is 2.11. The van der Waals surface area contributed by atoms with Gasteiger partial charge in [0.25, 0.3) is 0 Å². The Kier molecular flexibility index (Phi) is 5.12. The van der Waals surface area contributed by atoms with Crippen LogP contribution >= 0.6 is 11.6 Å². The molecule has 1 aromatic carbocycles. The number of nitrogens with one attached hydrogen (secondary N) is 1. The van der Waals surface area contributed by atoms with Crippen molar-refractivity contribution < 1.29 is 9.21 Å². The first-order chi connectivity index (χ1) is 14.4. The number of carbonyl (C=O) groups is 1. The van der Waals surface area contributed by atoms with Crippen molar-refractivity contribution in [2.75, 3.05) is 32.7 Å². The molecule has 160 valence electrons. The van der Waals surface area contributed by atoms with Crippen molar-refractivity contribution >= 4 is 17.5 Å². The van der Waals surface area contributed by atoms with Crippen LogP contribution in [0, 0.1) is 18.3 Å². The molecule has 1 aliphatic carbocycles. The third-order valence-electron chi connectivity index (χ3n) is 6.86. The second kappa shape index (κ2) is 7.66. The lowest BCUT2D eigenvalue weighted by Crippen LogP contribution is -2.64. The Morgan fingerprint density at radius 3 is 2.73 bits per heavy atom. The Balaban J connectivity index is 1.13. The van der Waals surface area contributed by atoms with Gasteiger partial charge in [-0.05, 0) is 56.4 Å². The number of hydrogen-bond donors (Lipinski definition) is 1. The van der Waals surface area contributed by atoms with E-state index in [0.717, 1.165) is 69.1 Å². The Morgan fingerprint density at radius 2 is 2.03 bits per heavy atom. The molecule has 2 aliphatic heterocycles. The van der Waals surface area contributed by atoms with Crippen LogP contribution in [0.1, 0.15) is 31.2 Å². The van der Waals surface area contributed by atoms with Crippen LogP contribution in [0.5, 0.6) is 0 Å². The first-order valence-electron chi connectivity index (χ1n) is 10.9. The van der Waals surface area contributed by atoms with Crippen LogP contribution in [0.15, 0.2) is 28.7 Å². The van der Waals surface area contributed by atoms with Gasteiger partial charge in [0.05, 0.1) is 5.69 Å². The number of aryl methyl sites for hydroxylation is 1. The smallest absolute Gasteiger partial charge is 0.226 e. The van der Waals surface area contributed by atoms with Gasteiger partial charge < -0.3 is 14.6 Å². The molecule has 0 unspecified atom stereocenters. The van der Waals surface area contributed by atoms with Crippen molar-refractivity contribution in [2.45, 2.75) is 39.3 Å². The molecule has 3 heterocycles. The molecule has 2 aromatic rings. The molecular weight excluding hydrogens is 400 g/mol. The fourth-order valence-electron chi connectivity index (χ4n) is 5.33. The standard InChI is InChI=1S/C23H29ClN4O2/c1-15-11-28(8-7-25-15)22(29)18-9-23(10-18)13-27(14-23)12-20-16(2)30-21(26-20)17-3-5-19(24)6-4-17/h3-6,15,18,25H,7-14H2,1-2H3/t15-/m1/s1. The second-order valence-corrected chi connectivity index (χ2v) is 9.85. The number of halogens is 1. The van der Waals surface area contributed by atoms with Crippen molar-refractivity contribution in [3.63, 3.8) is 0 Å². The summed E-state index contributed by atoms with van der Waals surface area (Å²) in [7, 11) is 0. The maximum atomic E-state index is 12.8. The summed E-state index contributed by atoms with van der Waals surface area (Å²) in [6.45, 7) is 9.64. The summed E-state index contributed by atoms with van der Waals surface area (Å²) in [6.07, 6.45) is 2.07. The lowest BCUT2D eigenvalue weighted by atomic mass is 9.57. The fourth-order valence-corrected chi connectivity index (χ4v) is 5.45. The van der Waals surface area contributed by atoms with Crippen LogP contribution in [0.3, 0.4) is 0 Å². The molecule has 1 aromatic heterocycles. The summed E-state index contributed by atoms with van der Waals surface area (Å²) >= 11 is 5.97. The first-order valence-corrected chi connectivity index (χ1v) is 11.3. The van der Waals surface area contributed by atoms with Gasteiger partial charge in [0.2, 0.25) is 11.8 Å². The zero-order valence-electron chi connectivity index (χ0n) is 17.7. The number of benzene rings is 1. The lowest BCUT2D eigenvalue weighted by molar-refractivity contribution is -0.156. The Labute approximate surface area is 182 Å². The molecule has 1 amide bonds. The third-order valence-corrected chi connectivity index (χ3v) is 7.12. The van der Waals surface area contributed by atoms with Gasteiger partial charge >= 0.3 is 0 Å². The van der Waals surface area contributed by atoms with E-state index < -0.39 is 0 Å². The number of aromatic nitrogens is 1. The molecule has 1 atom stereocenters. The van der Waals surface area contributed by atoms with Gasteiger partial charge in [-0.2, -0.15) is 0 Å². The molecule has 6 nitrogen and oxygen atoms in total. The normalized spacial score (nSPS) is 24.0. The quantitative estimate of drug-likeness (QED) is 0.809. The van der Waals surface area contributed by atoms with Crippen molar-refractivity contribution in [1.29, 1.82) is 0 Å². The summed E-state index contributed by atoms with van der Waals surface area (Å²) in [5, 5.41) is 4.11. The van der Waals surface area contributed by atoms with Gasteiger partial charge in [-0.1, -0.05) is 11.6 Å². The van der Waals surface area contributed by atoms with E-state index >= 15 is 0 Å². The van der Waals surface area contributed by atoms with Crippen LogP contribution in [-0.4, -0.2) is 59.5 Å². The van der Waals surface area contributed by atoms with E-state index in [1.54, 1.807) is 0 Å². The molecule has 2 saturated heterocycles. The second-order valence-electron chi connectivity index (χ2n) is 9.42. The molecular formula is C23H29ClN4O2. The summed E-state index contributed by atoms with van der Waals surface area (Å²) in [4.78, 5) is 22.0. The Bertz CT molecular complexity index is 927. The average molecular weight is 429 g/mol. The highest BCUT2D eigenvalue weighted by atomic mass is 35.5. The number of nitrogens with zero attached hydrogens (tertiary/aromatic N) is 3. The van der Waals surface area contributed by atoms with Crippen LogP contribution in [0.2, 0.25) is 5.02 Å². The predicted octanol–water partition coefficient (Wildman–Crippen LogP) is 3.34. The topological polar surface area (TPSA) is 61.6 Å². The average Bonchev–Trinajstić information content (AvgIpc) is 3.03. The minimum Gasteiger partial charge on any atom is -0.441 e. The zero-order valence-corrected chi connectivity index (χ0v) is 18.4. The fraction of sp³-hybridized carbons (Fsp3) is 0.565. The van der Waals surface area contributed by atoms with E-state index in [0.29, 0.717) is 28.3 Å². The Hall–Kier alpha value is -1.89. The van der Waals surface area contributed by atoms with Gasteiger partial charge in [0.15, 0.2) is 0 Å². The molecule has 0 bridgehead atoms. The van der Waals surface area contributed by atoms with E-state index in [4.69, 9.17) is 21.0 Å². The van der Waals surface area contributed by atoms with Crippen LogP contribution in [0.4, 0.5) is 0 Å². The van der Waals surface area contributed by atoms with E-state index in [2.05, 4.69) is 22.0 Å². The van der Waals surface area contributed by atoms with Gasteiger partial charge in [0, 0.05) is 61.8 Å². The van der Waals surface area contributed by atoms with Gasteiger partial charge in [-0.25, -0.2) is 4.98 Å². The highest BCUT2D eigenvalue weighted by Crippen LogP contribution is 2.52. The largest absolute Gasteiger partial charge is 0.441 e. The number of likely N-dealkylation sites (tertiary alicyclic amines) is 1. The van der Waals surface area contributed by atoms with Crippen molar-refractivity contribution in [2.24, 2.45) is 11.3 Å². The van der Waals surface area contributed by atoms with E-state index in [-0.39, 0.29) is 5.92 Å². The van der Waals surface area contributed by atoms with Crippen molar-refractivity contribution in [1.82, 2.24) is 20.1 Å². The van der Waals surface area contributed by atoms with Crippen LogP contribution in [-0.2, 0) is 11.3 Å².